The topological polar surface area (TPSA) is 155 Å². The van der Waals surface area contributed by atoms with Gasteiger partial charge in [0.25, 0.3) is 0 Å². The maximum absolute atomic E-state index is 9.38. The molecular formula is H2Cr2K2O8. The van der Waals surface area contributed by atoms with Crippen molar-refractivity contribution in [1.82, 2.24) is 0 Å². The Hall–Kier alpha value is 3.38. The molecule has 12 heavy (non-hydrogen) atoms. The molecule has 0 radical (unpaired) electrons. The van der Waals surface area contributed by atoms with Crippen LogP contribution in [0.25, 0.3) is 0 Å². The first-order chi connectivity index (χ1) is 3.71. The molecule has 0 spiro atoms. The summed E-state index contributed by atoms with van der Waals surface area (Å²) in [7, 11) is 0. The van der Waals surface area contributed by atoms with Crippen molar-refractivity contribution >= 4 is 0 Å². The molecule has 0 heterocycles. The minimum absolute atomic E-state index is 0. The summed E-state index contributed by atoms with van der Waals surface area (Å²) in [5, 5.41) is 0. The molecule has 12 heteroatoms. The van der Waals surface area contributed by atoms with Gasteiger partial charge in [0.1, 0.15) is 0 Å². The van der Waals surface area contributed by atoms with Crippen LogP contribution >= 0.6 is 0 Å². The van der Waals surface area contributed by atoms with E-state index in [1.165, 1.54) is 0 Å². The Morgan fingerprint density at radius 2 is 1.00 bits per heavy atom. The molecule has 0 aromatic carbocycles. The minimum atomic E-state index is -6.07. The van der Waals surface area contributed by atoms with E-state index >= 15 is 0 Å². The van der Waals surface area contributed by atoms with Crippen LogP contribution < -0.4 is 111 Å². The number of hydrogen-bond acceptors (Lipinski definition) is 7. The molecule has 0 aliphatic rings. The predicted molar refractivity (Wildman–Crippen MR) is 7.44 cm³/mol. The molecule has 0 saturated heterocycles. The van der Waals surface area contributed by atoms with Crippen molar-refractivity contribution in [3.8, 4) is 0 Å². The second-order valence-corrected chi connectivity index (χ2v) is 4.52. The molecule has 0 unspecified atom stereocenters. The van der Waals surface area contributed by atoms with E-state index in [9.17, 15) is 23.5 Å². The fraction of sp³-hybridized carbons (Fsp3) is 0. The summed E-state index contributed by atoms with van der Waals surface area (Å²) in [5.41, 5.74) is 0. The second-order valence-electron chi connectivity index (χ2n) is 0.885. The monoisotopic (exact) mass is 312 g/mol. The summed E-state index contributed by atoms with van der Waals surface area (Å²) >= 11 is -12.1. The van der Waals surface area contributed by atoms with Gasteiger partial charge >= 0.3 is 156 Å². The van der Waals surface area contributed by atoms with E-state index in [-0.39, 0.29) is 108 Å². The van der Waals surface area contributed by atoms with Crippen LogP contribution in [0.1, 0.15) is 0 Å². The van der Waals surface area contributed by atoms with Gasteiger partial charge in [0, 0.05) is 0 Å². The van der Waals surface area contributed by atoms with Gasteiger partial charge in [-0.1, -0.05) is 0 Å². The Kier molecular flexibility index (Phi) is 19.6. The van der Waals surface area contributed by atoms with Gasteiger partial charge in [-0.2, -0.15) is 0 Å². The molecule has 0 amide bonds. The maximum atomic E-state index is 9.38. The Balaban J connectivity index is -0.000000107. The first kappa shape index (κ1) is 24.6. The number of hydrogen-bond donors (Lipinski definition) is 0. The van der Waals surface area contributed by atoms with Crippen LogP contribution in [0, 0.1) is 0 Å². The van der Waals surface area contributed by atoms with Gasteiger partial charge in [-0.15, -0.1) is 0 Å². The average Bonchev–Trinajstić information content (AvgIpc) is 1.14. The Morgan fingerprint density at radius 1 is 0.833 bits per heavy atom. The van der Waals surface area contributed by atoms with Crippen molar-refractivity contribution < 1.29 is 162 Å². The van der Waals surface area contributed by atoms with Crippen molar-refractivity contribution in [3.05, 3.63) is 0 Å². The van der Waals surface area contributed by atoms with Crippen LogP contribution in [-0.2, 0) is 45.3 Å². The van der Waals surface area contributed by atoms with Gasteiger partial charge in [0.2, 0.25) is 0 Å². The van der Waals surface area contributed by atoms with E-state index < -0.39 is 27.2 Å². The zero-order valence-electron chi connectivity index (χ0n) is 6.17. The van der Waals surface area contributed by atoms with E-state index in [1.807, 2.05) is 0 Å². The summed E-state index contributed by atoms with van der Waals surface area (Å²) in [6, 6.07) is 0. The molecule has 0 aliphatic carbocycles. The molecule has 0 atom stereocenters. The SMILES string of the molecule is O.[K+].[K+].[O]=[Cr](=[O])([O-])[O][Cr](=[O])(=[O])[O-]. The van der Waals surface area contributed by atoms with Gasteiger partial charge in [0.15, 0.2) is 0 Å². The molecule has 2 N–H and O–H groups in total. The summed E-state index contributed by atoms with van der Waals surface area (Å²) in [6.45, 7) is 0. The van der Waals surface area contributed by atoms with Crippen LogP contribution in [0.2, 0.25) is 0 Å². The molecule has 0 rings (SSSR count). The fourth-order valence-corrected chi connectivity index (χ4v) is 1.74. The van der Waals surface area contributed by atoms with Crippen molar-refractivity contribution in [2.45, 2.75) is 0 Å². The third-order valence-corrected chi connectivity index (χ3v) is 2.83. The normalized spacial score (nSPS) is 10.2. The van der Waals surface area contributed by atoms with Gasteiger partial charge in [-0.25, -0.2) is 0 Å². The Morgan fingerprint density at radius 3 is 1.00 bits per heavy atom. The molecule has 0 aromatic rings. The van der Waals surface area contributed by atoms with Gasteiger partial charge in [-0.3, -0.25) is 0 Å². The average molecular weight is 312 g/mol. The quantitative estimate of drug-likeness (QED) is 0.458. The van der Waals surface area contributed by atoms with Gasteiger partial charge < -0.3 is 5.48 Å². The third kappa shape index (κ3) is 23.3. The van der Waals surface area contributed by atoms with Crippen LogP contribution in [-0.4, -0.2) is 5.48 Å². The molecule has 0 saturated carbocycles. The van der Waals surface area contributed by atoms with Gasteiger partial charge in [-0.05, 0) is 0 Å². The molecule has 0 fully saturated rings. The molecule has 8 nitrogen and oxygen atoms in total. The fourth-order valence-electron chi connectivity index (χ4n) is 0.102. The molecular weight excluding hydrogens is 310 g/mol. The first-order valence-corrected chi connectivity index (χ1v) is 5.50. The first-order valence-electron chi connectivity index (χ1n) is 1.33. The Labute approximate surface area is 157 Å². The van der Waals surface area contributed by atoms with Crippen molar-refractivity contribution in [1.29, 1.82) is 0 Å². The summed E-state index contributed by atoms with van der Waals surface area (Å²) in [5.74, 6) is 0. The van der Waals surface area contributed by atoms with Crippen LogP contribution in [0.15, 0.2) is 0 Å². The molecule has 64 valence electrons. The van der Waals surface area contributed by atoms with Crippen molar-refractivity contribution in [2.75, 3.05) is 0 Å². The van der Waals surface area contributed by atoms with E-state index in [2.05, 4.69) is 2.84 Å². The molecule has 0 bridgehead atoms. The number of rotatable bonds is 2. The van der Waals surface area contributed by atoms with Crippen molar-refractivity contribution in [3.63, 3.8) is 0 Å². The van der Waals surface area contributed by atoms with Crippen LogP contribution in [0.4, 0.5) is 0 Å². The molecule has 0 aromatic heterocycles. The Bertz CT molecular complexity index is 240. The van der Waals surface area contributed by atoms with Crippen molar-refractivity contribution in [2.24, 2.45) is 0 Å². The zero-order valence-corrected chi connectivity index (χ0v) is 15.0. The molecule has 0 aliphatic heterocycles. The predicted octanol–water partition coefficient (Wildman–Crippen LogP) is -9.74. The second kappa shape index (κ2) is 9.59. The van der Waals surface area contributed by atoms with Crippen LogP contribution in [0.5, 0.6) is 0 Å². The van der Waals surface area contributed by atoms with Crippen LogP contribution in [0.3, 0.4) is 0 Å². The van der Waals surface area contributed by atoms with E-state index in [0.717, 1.165) is 0 Å². The van der Waals surface area contributed by atoms with Gasteiger partial charge in [0.05, 0.1) is 0 Å². The third-order valence-electron chi connectivity index (χ3n) is 0.167. The summed E-state index contributed by atoms with van der Waals surface area (Å²) < 4.78 is 58.9. The van der Waals surface area contributed by atoms with E-state index in [0.29, 0.717) is 0 Å². The zero-order chi connectivity index (χ0) is 7.71. The summed E-state index contributed by atoms with van der Waals surface area (Å²) in [4.78, 5) is 0. The van der Waals surface area contributed by atoms with E-state index in [4.69, 9.17) is 0 Å². The summed E-state index contributed by atoms with van der Waals surface area (Å²) in [6.07, 6.45) is 0. The standard InChI is InChI=1S/2Cr.2K.H2O.7O/h;;;;1H2;;;;;;;/q;;2*+1;;;;;;;2*-1. The van der Waals surface area contributed by atoms with E-state index in [1.54, 1.807) is 0 Å².